The van der Waals surface area contributed by atoms with Crippen molar-refractivity contribution in [1.82, 2.24) is 10.3 Å². The first-order valence-electron chi connectivity index (χ1n) is 6.26. The molecule has 0 spiro atoms. The Labute approximate surface area is 122 Å². The molecule has 0 bridgehead atoms. The lowest BCUT2D eigenvalue weighted by atomic mass is 10.2. The van der Waals surface area contributed by atoms with Crippen molar-refractivity contribution in [3.05, 3.63) is 29.6 Å². The van der Waals surface area contributed by atoms with Crippen molar-refractivity contribution in [3.63, 3.8) is 0 Å². The SMILES string of the molecule is COc1ccc(-c2csc(NC(=O)NC(C)C)n2)cc1. The zero-order chi connectivity index (χ0) is 14.5. The van der Waals surface area contributed by atoms with Crippen molar-refractivity contribution in [2.24, 2.45) is 0 Å². The van der Waals surface area contributed by atoms with E-state index in [0.29, 0.717) is 5.13 Å². The van der Waals surface area contributed by atoms with Crippen molar-refractivity contribution in [1.29, 1.82) is 0 Å². The van der Waals surface area contributed by atoms with Crippen LogP contribution in [0.5, 0.6) is 5.75 Å². The molecule has 6 heteroatoms. The van der Waals surface area contributed by atoms with Crippen LogP contribution in [0.3, 0.4) is 0 Å². The lowest BCUT2D eigenvalue weighted by molar-refractivity contribution is 0.250. The van der Waals surface area contributed by atoms with Crippen molar-refractivity contribution >= 4 is 22.5 Å². The number of urea groups is 1. The van der Waals surface area contributed by atoms with Crippen LogP contribution >= 0.6 is 11.3 Å². The number of carbonyl (C=O) groups excluding carboxylic acids is 1. The van der Waals surface area contributed by atoms with Crippen LogP contribution in [-0.4, -0.2) is 24.2 Å². The summed E-state index contributed by atoms with van der Waals surface area (Å²) < 4.78 is 5.12. The number of rotatable bonds is 4. The number of amides is 2. The van der Waals surface area contributed by atoms with Gasteiger partial charge in [0, 0.05) is 17.0 Å². The number of aromatic nitrogens is 1. The number of nitrogens with one attached hydrogen (secondary N) is 2. The number of hydrogen-bond donors (Lipinski definition) is 2. The van der Waals surface area contributed by atoms with E-state index in [1.54, 1.807) is 7.11 Å². The minimum atomic E-state index is -0.240. The highest BCUT2D eigenvalue weighted by Crippen LogP contribution is 2.26. The molecule has 1 heterocycles. The Kier molecular flexibility index (Phi) is 4.57. The van der Waals surface area contributed by atoms with Crippen molar-refractivity contribution < 1.29 is 9.53 Å². The maximum Gasteiger partial charge on any atom is 0.321 e. The number of benzene rings is 1. The fraction of sp³-hybridized carbons (Fsp3) is 0.286. The van der Waals surface area contributed by atoms with E-state index in [1.807, 2.05) is 43.5 Å². The third kappa shape index (κ3) is 3.71. The molecule has 2 aromatic rings. The third-order valence-electron chi connectivity index (χ3n) is 2.53. The second-order valence-electron chi connectivity index (χ2n) is 4.52. The van der Waals surface area contributed by atoms with Crippen LogP contribution in [0.15, 0.2) is 29.6 Å². The average molecular weight is 291 g/mol. The quantitative estimate of drug-likeness (QED) is 0.908. The number of thiazole rings is 1. The van der Waals surface area contributed by atoms with Gasteiger partial charge in [0.05, 0.1) is 12.8 Å². The summed E-state index contributed by atoms with van der Waals surface area (Å²) in [6.07, 6.45) is 0. The molecule has 0 aliphatic heterocycles. The minimum absolute atomic E-state index is 0.0935. The number of hydrogen-bond acceptors (Lipinski definition) is 4. The first-order chi connectivity index (χ1) is 9.58. The van der Waals surface area contributed by atoms with Gasteiger partial charge >= 0.3 is 6.03 Å². The molecule has 106 valence electrons. The summed E-state index contributed by atoms with van der Waals surface area (Å²) in [5, 5.41) is 7.96. The van der Waals surface area contributed by atoms with Gasteiger partial charge in [-0.25, -0.2) is 9.78 Å². The average Bonchev–Trinajstić information content (AvgIpc) is 2.86. The van der Waals surface area contributed by atoms with Gasteiger partial charge < -0.3 is 10.1 Å². The van der Waals surface area contributed by atoms with Crippen LogP contribution in [0.25, 0.3) is 11.3 Å². The zero-order valence-electron chi connectivity index (χ0n) is 11.6. The van der Waals surface area contributed by atoms with Gasteiger partial charge in [-0.2, -0.15) is 0 Å². The lowest BCUT2D eigenvalue weighted by Crippen LogP contribution is -2.34. The number of methoxy groups -OCH3 is 1. The van der Waals surface area contributed by atoms with E-state index < -0.39 is 0 Å². The van der Waals surface area contributed by atoms with Gasteiger partial charge in [0.2, 0.25) is 0 Å². The first kappa shape index (κ1) is 14.3. The predicted molar refractivity (Wildman–Crippen MR) is 81.4 cm³/mol. The predicted octanol–water partition coefficient (Wildman–Crippen LogP) is 3.35. The second-order valence-corrected chi connectivity index (χ2v) is 5.38. The fourth-order valence-corrected chi connectivity index (χ4v) is 2.34. The molecule has 0 aliphatic carbocycles. The highest BCUT2D eigenvalue weighted by atomic mass is 32.1. The topological polar surface area (TPSA) is 63.2 Å². The highest BCUT2D eigenvalue weighted by molar-refractivity contribution is 7.14. The molecule has 0 fully saturated rings. The van der Waals surface area contributed by atoms with Crippen LogP contribution < -0.4 is 15.4 Å². The van der Waals surface area contributed by atoms with E-state index in [0.717, 1.165) is 17.0 Å². The molecule has 0 unspecified atom stereocenters. The molecule has 5 nitrogen and oxygen atoms in total. The number of nitrogens with zero attached hydrogens (tertiary/aromatic N) is 1. The smallest absolute Gasteiger partial charge is 0.321 e. The molecule has 1 aromatic carbocycles. The Morgan fingerprint density at radius 3 is 2.60 bits per heavy atom. The Morgan fingerprint density at radius 1 is 1.30 bits per heavy atom. The van der Waals surface area contributed by atoms with E-state index in [4.69, 9.17) is 4.74 Å². The van der Waals surface area contributed by atoms with Crippen LogP contribution in [0, 0.1) is 0 Å². The second kappa shape index (κ2) is 6.38. The maximum atomic E-state index is 11.6. The molecule has 2 N–H and O–H groups in total. The van der Waals surface area contributed by atoms with Gasteiger partial charge in [-0.1, -0.05) is 0 Å². The van der Waals surface area contributed by atoms with E-state index in [2.05, 4.69) is 15.6 Å². The van der Waals surface area contributed by atoms with Gasteiger partial charge in [-0.15, -0.1) is 11.3 Å². The number of carbonyl (C=O) groups is 1. The summed E-state index contributed by atoms with van der Waals surface area (Å²) in [5.74, 6) is 0.804. The maximum absolute atomic E-state index is 11.6. The Morgan fingerprint density at radius 2 is 2.00 bits per heavy atom. The molecule has 0 saturated heterocycles. The van der Waals surface area contributed by atoms with Crippen LogP contribution in [0.2, 0.25) is 0 Å². The summed E-state index contributed by atoms with van der Waals surface area (Å²) >= 11 is 1.40. The van der Waals surface area contributed by atoms with E-state index in [9.17, 15) is 4.79 Å². The fourth-order valence-electron chi connectivity index (χ4n) is 1.62. The summed E-state index contributed by atoms with van der Waals surface area (Å²) in [4.78, 5) is 16.0. The largest absolute Gasteiger partial charge is 0.497 e. The summed E-state index contributed by atoms with van der Waals surface area (Å²) in [6, 6.07) is 7.49. The monoisotopic (exact) mass is 291 g/mol. The standard InChI is InChI=1S/C14H17N3O2S/c1-9(2)15-13(18)17-14-16-12(8-20-14)10-4-6-11(19-3)7-5-10/h4-9H,1-3H3,(H2,15,16,17,18). The van der Waals surface area contributed by atoms with Gasteiger partial charge in [-0.3, -0.25) is 5.32 Å². The summed E-state index contributed by atoms with van der Waals surface area (Å²) in [5.41, 5.74) is 1.82. The van der Waals surface area contributed by atoms with Crippen molar-refractivity contribution in [2.45, 2.75) is 19.9 Å². The first-order valence-corrected chi connectivity index (χ1v) is 7.14. The number of ether oxygens (including phenoxy) is 1. The van der Waals surface area contributed by atoms with E-state index >= 15 is 0 Å². The van der Waals surface area contributed by atoms with Crippen LogP contribution in [-0.2, 0) is 0 Å². The molecule has 20 heavy (non-hydrogen) atoms. The van der Waals surface area contributed by atoms with Crippen molar-refractivity contribution in [3.8, 4) is 17.0 Å². The molecule has 0 saturated carbocycles. The van der Waals surface area contributed by atoms with Crippen molar-refractivity contribution in [2.75, 3.05) is 12.4 Å². The van der Waals surface area contributed by atoms with Crippen LogP contribution in [0.4, 0.5) is 9.93 Å². The molecule has 0 atom stereocenters. The Balaban J connectivity index is 2.06. The van der Waals surface area contributed by atoms with E-state index in [-0.39, 0.29) is 12.1 Å². The molecule has 2 rings (SSSR count). The van der Waals surface area contributed by atoms with Gasteiger partial charge in [-0.05, 0) is 38.1 Å². The minimum Gasteiger partial charge on any atom is -0.497 e. The third-order valence-corrected chi connectivity index (χ3v) is 3.29. The molecular weight excluding hydrogens is 274 g/mol. The summed E-state index contributed by atoms with van der Waals surface area (Å²) in [6.45, 7) is 3.81. The Hall–Kier alpha value is -2.08. The van der Waals surface area contributed by atoms with Crippen LogP contribution in [0.1, 0.15) is 13.8 Å². The normalized spacial score (nSPS) is 10.4. The summed E-state index contributed by atoms with van der Waals surface area (Å²) in [7, 11) is 1.63. The molecule has 0 radical (unpaired) electrons. The molecular formula is C14H17N3O2S. The van der Waals surface area contributed by atoms with E-state index in [1.165, 1.54) is 11.3 Å². The highest BCUT2D eigenvalue weighted by Gasteiger charge is 2.08. The van der Waals surface area contributed by atoms with Gasteiger partial charge in [0.25, 0.3) is 0 Å². The number of anilines is 1. The van der Waals surface area contributed by atoms with Gasteiger partial charge in [0.1, 0.15) is 5.75 Å². The van der Waals surface area contributed by atoms with Gasteiger partial charge in [0.15, 0.2) is 5.13 Å². The lowest BCUT2D eigenvalue weighted by Gasteiger charge is -2.07. The zero-order valence-corrected chi connectivity index (χ0v) is 12.5. The molecule has 2 amide bonds. The molecule has 0 aliphatic rings. The Bertz CT molecular complexity index is 578. The molecule has 1 aromatic heterocycles.